The molecule has 94 valence electrons. The highest BCUT2D eigenvalue weighted by atomic mass is 35.5. The lowest BCUT2D eigenvalue weighted by Crippen LogP contribution is -2.17. The van der Waals surface area contributed by atoms with Gasteiger partial charge in [-0.15, -0.1) is 0 Å². The first kappa shape index (κ1) is 12.4. The van der Waals surface area contributed by atoms with Crippen molar-refractivity contribution in [3.63, 3.8) is 0 Å². The molecule has 1 heterocycles. The Morgan fingerprint density at radius 1 is 1.39 bits per heavy atom. The van der Waals surface area contributed by atoms with Gasteiger partial charge in [0.05, 0.1) is 24.6 Å². The number of rotatable bonds is 3. The quantitative estimate of drug-likeness (QED) is 0.922. The normalized spacial score (nSPS) is 10.2. The molecule has 0 aliphatic carbocycles. The third-order valence-corrected chi connectivity index (χ3v) is 2.86. The Hall–Kier alpha value is -2.01. The second kappa shape index (κ2) is 5.10. The van der Waals surface area contributed by atoms with Crippen LogP contribution in [0.5, 0.6) is 5.75 Å². The fourth-order valence-corrected chi connectivity index (χ4v) is 1.80. The number of ether oxygens (including phenoxy) is 1. The van der Waals surface area contributed by atoms with E-state index >= 15 is 0 Å². The van der Waals surface area contributed by atoms with E-state index in [0.29, 0.717) is 5.56 Å². The molecule has 2 aromatic rings. The fourth-order valence-electron chi connectivity index (χ4n) is 1.52. The number of benzene rings is 1. The molecule has 1 aromatic carbocycles. The standard InChI is InChI=1S/C12H12ClN3O2/c1-14-12(17)10-7-15-16(11(10)13)8-3-5-9(18-2)6-4-8/h3-7H,1-2H3,(H,14,17). The number of carbonyl (C=O) groups is 1. The van der Waals surface area contributed by atoms with E-state index in [1.165, 1.54) is 10.9 Å². The van der Waals surface area contributed by atoms with Crippen molar-refractivity contribution in [2.45, 2.75) is 0 Å². The number of carbonyl (C=O) groups excluding carboxylic acids is 1. The second-order valence-corrected chi connectivity index (χ2v) is 3.90. The van der Waals surface area contributed by atoms with Crippen LogP contribution in [-0.4, -0.2) is 29.8 Å². The molecule has 0 unspecified atom stereocenters. The molecule has 2 rings (SSSR count). The predicted molar refractivity (Wildman–Crippen MR) is 68.5 cm³/mol. The van der Waals surface area contributed by atoms with Gasteiger partial charge in [-0.25, -0.2) is 4.68 Å². The molecule has 0 radical (unpaired) electrons. The van der Waals surface area contributed by atoms with Crippen molar-refractivity contribution in [1.82, 2.24) is 15.1 Å². The van der Waals surface area contributed by atoms with Crippen LogP contribution < -0.4 is 10.1 Å². The summed E-state index contributed by atoms with van der Waals surface area (Å²) in [5.41, 5.74) is 1.10. The van der Waals surface area contributed by atoms with Crippen LogP contribution in [0.3, 0.4) is 0 Å². The summed E-state index contributed by atoms with van der Waals surface area (Å²) in [6, 6.07) is 7.22. The van der Waals surface area contributed by atoms with E-state index in [-0.39, 0.29) is 11.1 Å². The van der Waals surface area contributed by atoms with Crippen LogP contribution in [0, 0.1) is 0 Å². The summed E-state index contributed by atoms with van der Waals surface area (Å²) in [5.74, 6) is 0.480. The van der Waals surface area contributed by atoms with Crippen molar-refractivity contribution in [3.8, 4) is 11.4 Å². The lowest BCUT2D eigenvalue weighted by atomic mass is 10.3. The second-order valence-electron chi connectivity index (χ2n) is 3.54. The van der Waals surface area contributed by atoms with Crippen molar-refractivity contribution >= 4 is 17.5 Å². The van der Waals surface area contributed by atoms with Crippen LogP contribution in [0.2, 0.25) is 5.15 Å². The van der Waals surface area contributed by atoms with Gasteiger partial charge in [-0.05, 0) is 24.3 Å². The number of aromatic nitrogens is 2. The number of hydrogen-bond donors (Lipinski definition) is 1. The average molecular weight is 266 g/mol. The van der Waals surface area contributed by atoms with Crippen molar-refractivity contribution < 1.29 is 9.53 Å². The molecule has 18 heavy (non-hydrogen) atoms. The maximum Gasteiger partial charge on any atom is 0.255 e. The minimum Gasteiger partial charge on any atom is -0.497 e. The minimum atomic E-state index is -0.264. The number of halogens is 1. The number of nitrogens with zero attached hydrogens (tertiary/aromatic N) is 2. The average Bonchev–Trinajstić information content (AvgIpc) is 2.80. The number of methoxy groups -OCH3 is 1. The molecule has 0 fully saturated rings. The number of hydrogen-bond acceptors (Lipinski definition) is 3. The maximum absolute atomic E-state index is 11.5. The van der Waals surface area contributed by atoms with Crippen molar-refractivity contribution in [3.05, 3.63) is 41.2 Å². The van der Waals surface area contributed by atoms with E-state index in [2.05, 4.69) is 10.4 Å². The van der Waals surface area contributed by atoms with E-state index in [4.69, 9.17) is 16.3 Å². The molecule has 0 aliphatic rings. The highest BCUT2D eigenvalue weighted by Crippen LogP contribution is 2.21. The van der Waals surface area contributed by atoms with Crippen molar-refractivity contribution in [2.75, 3.05) is 14.2 Å². The summed E-state index contributed by atoms with van der Waals surface area (Å²) in [6.07, 6.45) is 1.44. The third kappa shape index (κ3) is 2.17. The molecule has 5 nitrogen and oxygen atoms in total. The maximum atomic E-state index is 11.5. The Balaban J connectivity index is 2.39. The summed E-state index contributed by atoms with van der Waals surface area (Å²) in [7, 11) is 3.14. The molecule has 1 amide bonds. The first-order valence-electron chi connectivity index (χ1n) is 5.27. The Labute approximate surface area is 109 Å². The summed E-state index contributed by atoms with van der Waals surface area (Å²) >= 11 is 6.11. The van der Waals surface area contributed by atoms with E-state index < -0.39 is 0 Å². The molecule has 1 aromatic heterocycles. The van der Waals surface area contributed by atoms with Gasteiger partial charge >= 0.3 is 0 Å². The van der Waals surface area contributed by atoms with E-state index in [1.54, 1.807) is 26.3 Å². The van der Waals surface area contributed by atoms with Gasteiger partial charge in [0, 0.05) is 7.05 Å². The molecule has 6 heteroatoms. The van der Waals surface area contributed by atoms with Crippen LogP contribution in [0.4, 0.5) is 0 Å². The summed E-state index contributed by atoms with van der Waals surface area (Å²) in [4.78, 5) is 11.5. The lowest BCUT2D eigenvalue weighted by molar-refractivity contribution is 0.0963. The predicted octanol–water partition coefficient (Wildman–Crippen LogP) is 1.89. The van der Waals surface area contributed by atoms with Gasteiger partial charge in [0.2, 0.25) is 0 Å². The zero-order chi connectivity index (χ0) is 13.1. The highest BCUT2D eigenvalue weighted by Gasteiger charge is 2.15. The van der Waals surface area contributed by atoms with Gasteiger partial charge in [0.25, 0.3) is 5.91 Å². The molecule has 0 spiro atoms. The Bertz CT molecular complexity index is 563. The zero-order valence-electron chi connectivity index (χ0n) is 9.98. The van der Waals surface area contributed by atoms with Gasteiger partial charge in [-0.3, -0.25) is 4.79 Å². The summed E-state index contributed by atoms with van der Waals surface area (Å²) in [5, 5.41) is 6.88. The zero-order valence-corrected chi connectivity index (χ0v) is 10.7. The Morgan fingerprint density at radius 2 is 2.06 bits per heavy atom. The monoisotopic (exact) mass is 265 g/mol. The fraction of sp³-hybridized carbons (Fsp3) is 0.167. The largest absolute Gasteiger partial charge is 0.497 e. The van der Waals surface area contributed by atoms with Crippen LogP contribution in [-0.2, 0) is 0 Å². The summed E-state index contributed by atoms with van der Waals surface area (Å²) in [6.45, 7) is 0. The molecule has 0 bridgehead atoms. The van der Waals surface area contributed by atoms with Crippen LogP contribution in [0.25, 0.3) is 5.69 Å². The SMILES string of the molecule is CNC(=O)c1cnn(-c2ccc(OC)cc2)c1Cl. The number of nitrogens with one attached hydrogen (secondary N) is 1. The van der Waals surface area contributed by atoms with Gasteiger partial charge in [0.15, 0.2) is 0 Å². The molecule has 1 N–H and O–H groups in total. The molecule has 0 saturated heterocycles. The number of amides is 1. The molecule has 0 saturated carbocycles. The Kier molecular flexibility index (Phi) is 3.53. The molecule has 0 atom stereocenters. The smallest absolute Gasteiger partial charge is 0.255 e. The van der Waals surface area contributed by atoms with E-state index in [1.807, 2.05) is 12.1 Å². The minimum absolute atomic E-state index is 0.264. The first-order chi connectivity index (χ1) is 8.67. The van der Waals surface area contributed by atoms with E-state index in [9.17, 15) is 4.79 Å². The molecular weight excluding hydrogens is 254 g/mol. The molecule has 0 aliphatic heterocycles. The van der Waals surface area contributed by atoms with Gasteiger partial charge in [-0.1, -0.05) is 11.6 Å². The van der Waals surface area contributed by atoms with Crippen molar-refractivity contribution in [1.29, 1.82) is 0 Å². The van der Waals surface area contributed by atoms with Gasteiger partial charge < -0.3 is 10.1 Å². The van der Waals surface area contributed by atoms with Crippen LogP contribution in [0.15, 0.2) is 30.5 Å². The van der Waals surface area contributed by atoms with Crippen molar-refractivity contribution in [2.24, 2.45) is 0 Å². The van der Waals surface area contributed by atoms with Gasteiger partial charge in [-0.2, -0.15) is 5.10 Å². The molecular formula is C12H12ClN3O2. The lowest BCUT2D eigenvalue weighted by Gasteiger charge is -2.05. The Morgan fingerprint density at radius 3 is 2.61 bits per heavy atom. The highest BCUT2D eigenvalue weighted by molar-refractivity contribution is 6.33. The topological polar surface area (TPSA) is 56.2 Å². The van der Waals surface area contributed by atoms with E-state index in [0.717, 1.165) is 11.4 Å². The summed E-state index contributed by atoms with van der Waals surface area (Å²) < 4.78 is 6.56. The van der Waals surface area contributed by atoms with Crippen LogP contribution >= 0.6 is 11.6 Å². The third-order valence-electron chi connectivity index (χ3n) is 2.50. The van der Waals surface area contributed by atoms with Crippen LogP contribution in [0.1, 0.15) is 10.4 Å². The van der Waals surface area contributed by atoms with Gasteiger partial charge in [0.1, 0.15) is 10.9 Å². The first-order valence-corrected chi connectivity index (χ1v) is 5.65.